The molecule has 0 aliphatic carbocycles. The number of hydrogen-bond acceptors (Lipinski definition) is 2. The Bertz CT molecular complexity index is 1150. The van der Waals surface area contributed by atoms with E-state index in [4.69, 9.17) is 21.0 Å². The lowest BCUT2D eigenvalue weighted by atomic mass is 10.1. The molecule has 0 saturated carbocycles. The molecule has 3 heterocycles. The van der Waals surface area contributed by atoms with Crippen molar-refractivity contribution >= 4 is 28.1 Å². The molecule has 0 radical (unpaired) electrons. The van der Waals surface area contributed by atoms with Crippen molar-refractivity contribution in [1.82, 2.24) is 4.57 Å². The number of aryl methyl sites for hydroxylation is 1. The first-order chi connectivity index (χ1) is 12.2. The standard InChI is InChI=1S/C21H15ClN2O/c1-13-7-8-15-14(10-13)12-25-21(15)20-19-6-3-9-24(19)18-5-2-4-17(22)16(18)11-23-20/h2-10,12H,11H2,1H3. The Morgan fingerprint density at radius 2 is 2.04 bits per heavy atom. The van der Waals surface area contributed by atoms with Gasteiger partial charge in [-0.15, -0.1) is 0 Å². The van der Waals surface area contributed by atoms with Crippen molar-refractivity contribution in [3.63, 3.8) is 0 Å². The first-order valence-corrected chi connectivity index (χ1v) is 8.58. The van der Waals surface area contributed by atoms with E-state index in [2.05, 4.69) is 41.8 Å². The molecule has 0 amide bonds. The molecular weight excluding hydrogens is 332 g/mol. The van der Waals surface area contributed by atoms with E-state index in [1.54, 1.807) is 6.26 Å². The van der Waals surface area contributed by atoms with E-state index in [9.17, 15) is 0 Å². The van der Waals surface area contributed by atoms with Gasteiger partial charge in [-0.1, -0.05) is 35.4 Å². The van der Waals surface area contributed by atoms with E-state index in [1.807, 2.05) is 24.4 Å². The molecule has 3 nitrogen and oxygen atoms in total. The van der Waals surface area contributed by atoms with Gasteiger partial charge in [0.25, 0.3) is 0 Å². The fourth-order valence-electron chi connectivity index (χ4n) is 3.50. The van der Waals surface area contributed by atoms with Crippen LogP contribution < -0.4 is 0 Å². The quantitative estimate of drug-likeness (QED) is 0.445. The van der Waals surface area contributed by atoms with E-state index < -0.39 is 0 Å². The molecule has 5 rings (SSSR count). The minimum Gasteiger partial charge on any atom is -0.461 e. The number of nitrogens with zero attached hydrogens (tertiary/aromatic N) is 2. The first kappa shape index (κ1) is 14.6. The highest BCUT2D eigenvalue weighted by Gasteiger charge is 2.23. The van der Waals surface area contributed by atoms with E-state index in [1.165, 1.54) is 5.56 Å². The van der Waals surface area contributed by atoms with Gasteiger partial charge in [0.2, 0.25) is 0 Å². The summed E-state index contributed by atoms with van der Waals surface area (Å²) in [4.78, 5) is 4.87. The smallest absolute Gasteiger partial charge is 0.161 e. The average molecular weight is 347 g/mol. The van der Waals surface area contributed by atoms with Crippen LogP contribution in [-0.2, 0) is 6.54 Å². The molecule has 122 valence electrons. The van der Waals surface area contributed by atoms with E-state index in [0.717, 1.165) is 44.2 Å². The highest BCUT2D eigenvalue weighted by Crippen LogP contribution is 2.32. The zero-order valence-electron chi connectivity index (χ0n) is 13.7. The van der Waals surface area contributed by atoms with E-state index >= 15 is 0 Å². The summed E-state index contributed by atoms with van der Waals surface area (Å²) >= 11 is 6.43. The highest BCUT2D eigenvalue weighted by molar-refractivity contribution is 6.31. The normalized spacial score (nSPS) is 13.3. The fraction of sp³-hybridized carbons (Fsp3) is 0.0952. The van der Waals surface area contributed by atoms with Crippen molar-refractivity contribution < 1.29 is 4.42 Å². The number of hydrogen-bond donors (Lipinski definition) is 0. The van der Waals surface area contributed by atoms with Crippen LogP contribution >= 0.6 is 11.6 Å². The Labute approximate surface area is 150 Å². The molecule has 0 fully saturated rings. The molecule has 0 atom stereocenters. The SMILES string of the molecule is Cc1ccc2c(C3=NCc4c(Cl)cccc4-n4cccc43)occ2c1. The molecule has 2 aromatic carbocycles. The summed E-state index contributed by atoms with van der Waals surface area (Å²) in [5, 5.41) is 2.91. The summed E-state index contributed by atoms with van der Waals surface area (Å²) in [6, 6.07) is 16.4. The molecule has 0 N–H and O–H groups in total. The van der Waals surface area contributed by atoms with Crippen LogP contribution in [0.15, 0.2) is 70.4 Å². The van der Waals surface area contributed by atoms with Gasteiger partial charge >= 0.3 is 0 Å². The average Bonchev–Trinajstić information content (AvgIpc) is 3.21. The minimum atomic E-state index is 0.528. The Hall–Kier alpha value is -2.78. The third-order valence-corrected chi connectivity index (χ3v) is 5.06. The van der Waals surface area contributed by atoms with Crippen molar-refractivity contribution in [2.75, 3.05) is 0 Å². The maximum Gasteiger partial charge on any atom is 0.161 e. The predicted molar refractivity (Wildman–Crippen MR) is 101 cm³/mol. The number of halogens is 1. The summed E-state index contributed by atoms with van der Waals surface area (Å²) in [5.41, 5.74) is 5.18. The van der Waals surface area contributed by atoms with Crippen LogP contribution in [0.5, 0.6) is 0 Å². The van der Waals surface area contributed by atoms with Crippen molar-refractivity contribution in [1.29, 1.82) is 0 Å². The van der Waals surface area contributed by atoms with Crippen molar-refractivity contribution in [3.8, 4) is 5.69 Å². The van der Waals surface area contributed by atoms with E-state index in [0.29, 0.717) is 6.54 Å². The van der Waals surface area contributed by atoms with Gasteiger partial charge in [-0.3, -0.25) is 4.99 Å². The molecule has 0 saturated heterocycles. The second-order valence-electron chi connectivity index (χ2n) is 6.32. The van der Waals surface area contributed by atoms with Crippen LogP contribution in [0, 0.1) is 6.92 Å². The van der Waals surface area contributed by atoms with Gasteiger partial charge in [0.05, 0.1) is 24.2 Å². The van der Waals surface area contributed by atoms with Crippen LogP contribution in [0.3, 0.4) is 0 Å². The lowest BCUT2D eigenvalue weighted by molar-refractivity contribution is 0.562. The van der Waals surface area contributed by atoms with Crippen molar-refractivity contribution in [2.45, 2.75) is 13.5 Å². The van der Waals surface area contributed by atoms with Crippen LogP contribution in [-0.4, -0.2) is 10.3 Å². The Kier molecular flexibility index (Phi) is 3.12. The summed E-state index contributed by atoms with van der Waals surface area (Å²) in [6.07, 6.45) is 3.85. The Morgan fingerprint density at radius 3 is 2.96 bits per heavy atom. The molecule has 2 aromatic heterocycles. The van der Waals surface area contributed by atoms with Crippen molar-refractivity contribution in [3.05, 3.63) is 88.6 Å². The molecular formula is C21H15ClN2O. The maximum atomic E-state index is 6.43. The summed E-state index contributed by atoms with van der Waals surface area (Å²) < 4.78 is 8.08. The van der Waals surface area contributed by atoms with Crippen LogP contribution in [0.25, 0.3) is 16.5 Å². The zero-order chi connectivity index (χ0) is 17.0. The Balaban J connectivity index is 1.77. The lowest BCUT2D eigenvalue weighted by Gasteiger charge is -2.11. The Morgan fingerprint density at radius 1 is 1.12 bits per heavy atom. The molecule has 4 heteroatoms. The van der Waals surface area contributed by atoms with Crippen LogP contribution in [0.4, 0.5) is 0 Å². The predicted octanol–water partition coefficient (Wildman–Crippen LogP) is 5.54. The molecule has 0 spiro atoms. The molecule has 0 unspecified atom stereocenters. The van der Waals surface area contributed by atoms with Gasteiger partial charge in [0, 0.05) is 27.6 Å². The number of aliphatic imine (C=N–C) groups is 1. The number of benzene rings is 2. The summed E-state index contributed by atoms with van der Waals surface area (Å²) in [5.74, 6) is 0.805. The zero-order valence-corrected chi connectivity index (χ0v) is 14.4. The second kappa shape index (κ2) is 5.36. The van der Waals surface area contributed by atoms with Gasteiger partial charge in [-0.25, -0.2) is 0 Å². The van der Waals surface area contributed by atoms with Gasteiger partial charge in [0.15, 0.2) is 5.76 Å². The van der Waals surface area contributed by atoms with E-state index in [-0.39, 0.29) is 0 Å². The van der Waals surface area contributed by atoms with Crippen LogP contribution in [0.1, 0.15) is 22.6 Å². The van der Waals surface area contributed by atoms with Crippen LogP contribution in [0.2, 0.25) is 5.02 Å². The highest BCUT2D eigenvalue weighted by atomic mass is 35.5. The van der Waals surface area contributed by atoms with Gasteiger partial charge in [0.1, 0.15) is 5.71 Å². The monoisotopic (exact) mass is 346 g/mol. The lowest BCUT2D eigenvalue weighted by Crippen LogP contribution is -2.07. The fourth-order valence-corrected chi connectivity index (χ4v) is 3.73. The van der Waals surface area contributed by atoms with Gasteiger partial charge in [-0.2, -0.15) is 0 Å². The largest absolute Gasteiger partial charge is 0.461 e. The topological polar surface area (TPSA) is 30.4 Å². The number of aromatic nitrogens is 1. The molecule has 1 aliphatic rings. The minimum absolute atomic E-state index is 0.528. The summed E-state index contributed by atoms with van der Waals surface area (Å²) in [6.45, 7) is 2.61. The van der Waals surface area contributed by atoms with Crippen molar-refractivity contribution in [2.24, 2.45) is 4.99 Å². The third-order valence-electron chi connectivity index (χ3n) is 4.71. The second-order valence-corrected chi connectivity index (χ2v) is 6.73. The molecule has 1 aliphatic heterocycles. The third kappa shape index (κ3) is 2.16. The summed E-state index contributed by atoms with van der Waals surface area (Å²) in [7, 11) is 0. The first-order valence-electron chi connectivity index (χ1n) is 8.20. The number of rotatable bonds is 1. The molecule has 0 bridgehead atoms. The number of fused-ring (bicyclic) bond motifs is 4. The molecule has 25 heavy (non-hydrogen) atoms. The maximum absolute atomic E-state index is 6.43. The molecule has 4 aromatic rings. The van der Waals surface area contributed by atoms with Gasteiger partial charge < -0.3 is 8.98 Å². The van der Waals surface area contributed by atoms with Gasteiger partial charge in [-0.05, 0) is 37.3 Å². The number of furan rings is 1.